The molecule has 0 aliphatic heterocycles. The molecule has 0 fully saturated rings. The summed E-state index contributed by atoms with van der Waals surface area (Å²) in [6.45, 7) is 7.41. The van der Waals surface area contributed by atoms with Crippen molar-refractivity contribution in [1.29, 1.82) is 0 Å². The molecule has 1 aromatic rings. The van der Waals surface area contributed by atoms with Gasteiger partial charge in [0.1, 0.15) is 5.75 Å². The predicted octanol–water partition coefficient (Wildman–Crippen LogP) is 4.69. The third kappa shape index (κ3) is 5.65. The Kier molecular flexibility index (Phi) is 7.57. The average molecular weight is 263 g/mol. The lowest BCUT2D eigenvalue weighted by Crippen LogP contribution is -2.12. The quantitative estimate of drug-likeness (QED) is 0.701. The maximum absolute atomic E-state index is 6.06. The minimum absolute atomic E-state index is 0.116. The smallest absolute Gasteiger partial charge is 0.119 e. The second-order valence-corrected chi connectivity index (χ2v) is 5.31. The fourth-order valence-electron chi connectivity index (χ4n) is 2.18. The molecule has 1 rings (SSSR count). The first-order valence-corrected chi connectivity index (χ1v) is 7.69. The van der Waals surface area contributed by atoms with E-state index in [-0.39, 0.29) is 6.04 Å². The van der Waals surface area contributed by atoms with Crippen molar-refractivity contribution in [3.63, 3.8) is 0 Å². The number of benzene rings is 1. The highest BCUT2D eigenvalue weighted by molar-refractivity contribution is 5.30. The summed E-state index contributed by atoms with van der Waals surface area (Å²) in [6.07, 6.45) is 5.97. The molecular formula is C17H29NO. The van der Waals surface area contributed by atoms with Gasteiger partial charge in [-0.25, -0.2) is 0 Å². The minimum atomic E-state index is 0.116. The van der Waals surface area contributed by atoms with Crippen molar-refractivity contribution in [2.24, 2.45) is 11.7 Å². The van der Waals surface area contributed by atoms with Crippen molar-refractivity contribution in [3.8, 4) is 5.75 Å². The van der Waals surface area contributed by atoms with Crippen molar-refractivity contribution >= 4 is 0 Å². The normalized spacial score (nSPS) is 14.1. The predicted molar refractivity (Wildman–Crippen MR) is 82.5 cm³/mol. The van der Waals surface area contributed by atoms with E-state index in [1.165, 1.54) is 31.2 Å². The molecule has 2 unspecified atom stereocenters. The first-order valence-electron chi connectivity index (χ1n) is 7.69. The number of rotatable bonds is 9. The SMILES string of the molecule is CCCCC(CC)COc1cccc(C(N)CC)c1. The van der Waals surface area contributed by atoms with Gasteiger partial charge < -0.3 is 10.5 Å². The van der Waals surface area contributed by atoms with Gasteiger partial charge in [-0.1, -0.05) is 52.2 Å². The van der Waals surface area contributed by atoms with Gasteiger partial charge in [-0.05, 0) is 36.5 Å². The summed E-state index contributed by atoms with van der Waals surface area (Å²) in [7, 11) is 0. The molecule has 0 amide bonds. The van der Waals surface area contributed by atoms with Crippen LogP contribution in [-0.2, 0) is 0 Å². The zero-order valence-corrected chi connectivity index (χ0v) is 12.7. The van der Waals surface area contributed by atoms with E-state index in [0.29, 0.717) is 5.92 Å². The molecule has 0 aliphatic carbocycles. The second-order valence-electron chi connectivity index (χ2n) is 5.31. The Labute approximate surface area is 118 Å². The molecule has 0 radical (unpaired) electrons. The van der Waals surface area contributed by atoms with Crippen LogP contribution in [0.5, 0.6) is 5.75 Å². The van der Waals surface area contributed by atoms with Crippen molar-refractivity contribution in [2.45, 2.75) is 58.9 Å². The highest BCUT2D eigenvalue weighted by atomic mass is 16.5. The van der Waals surface area contributed by atoms with Gasteiger partial charge in [-0.2, -0.15) is 0 Å². The van der Waals surface area contributed by atoms with E-state index in [1.807, 2.05) is 12.1 Å². The van der Waals surface area contributed by atoms with Crippen molar-refractivity contribution in [2.75, 3.05) is 6.61 Å². The zero-order valence-electron chi connectivity index (χ0n) is 12.7. The molecule has 19 heavy (non-hydrogen) atoms. The summed E-state index contributed by atoms with van der Waals surface area (Å²) in [5.41, 5.74) is 7.22. The van der Waals surface area contributed by atoms with E-state index < -0.39 is 0 Å². The third-order valence-corrected chi connectivity index (χ3v) is 3.76. The van der Waals surface area contributed by atoms with E-state index in [9.17, 15) is 0 Å². The minimum Gasteiger partial charge on any atom is -0.493 e. The average Bonchev–Trinajstić information content (AvgIpc) is 2.47. The van der Waals surface area contributed by atoms with Crippen LogP contribution in [0.2, 0.25) is 0 Å². The van der Waals surface area contributed by atoms with Gasteiger partial charge in [0.2, 0.25) is 0 Å². The lowest BCUT2D eigenvalue weighted by Gasteiger charge is -2.17. The molecule has 0 saturated heterocycles. The zero-order chi connectivity index (χ0) is 14.1. The van der Waals surface area contributed by atoms with Crippen LogP contribution in [0.3, 0.4) is 0 Å². The molecule has 2 N–H and O–H groups in total. The van der Waals surface area contributed by atoms with Gasteiger partial charge in [0, 0.05) is 6.04 Å². The van der Waals surface area contributed by atoms with Crippen LogP contribution in [0, 0.1) is 5.92 Å². The van der Waals surface area contributed by atoms with E-state index in [1.54, 1.807) is 0 Å². The Bertz CT molecular complexity index is 351. The van der Waals surface area contributed by atoms with Gasteiger partial charge in [-0.15, -0.1) is 0 Å². The Morgan fingerprint density at radius 3 is 2.58 bits per heavy atom. The number of hydrogen-bond acceptors (Lipinski definition) is 2. The Morgan fingerprint density at radius 1 is 1.16 bits per heavy atom. The van der Waals surface area contributed by atoms with Crippen molar-refractivity contribution in [1.82, 2.24) is 0 Å². The third-order valence-electron chi connectivity index (χ3n) is 3.76. The van der Waals surface area contributed by atoms with E-state index in [4.69, 9.17) is 10.5 Å². The maximum Gasteiger partial charge on any atom is 0.119 e. The maximum atomic E-state index is 6.06. The van der Waals surface area contributed by atoms with Crippen molar-refractivity contribution < 1.29 is 4.74 Å². The summed E-state index contributed by atoms with van der Waals surface area (Å²) in [5.74, 6) is 1.62. The first-order chi connectivity index (χ1) is 9.21. The van der Waals surface area contributed by atoms with Gasteiger partial charge in [0.15, 0.2) is 0 Å². The fourth-order valence-corrected chi connectivity index (χ4v) is 2.18. The highest BCUT2D eigenvalue weighted by Crippen LogP contribution is 2.21. The highest BCUT2D eigenvalue weighted by Gasteiger charge is 2.08. The van der Waals surface area contributed by atoms with Crippen LogP contribution in [0.25, 0.3) is 0 Å². The summed E-state index contributed by atoms with van der Waals surface area (Å²) >= 11 is 0. The molecule has 0 bridgehead atoms. The van der Waals surface area contributed by atoms with Gasteiger partial charge in [0.25, 0.3) is 0 Å². The van der Waals surface area contributed by atoms with E-state index in [2.05, 4.69) is 32.9 Å². The molecular weight excluding hydrogens is 234 g/mol. The Hall–Kier alpha value is -1.02. The van der Waals surface area contributed by atoms with Crippen LogP contribution < -0.4 is 10.5 Å². The standard InChI is InChI=1S/C17H29NO/c1-4-7-9-14(5-2)13-19-16-11-8-10-15(12-16)17(18)6-3/h8,10-12,14,17H,4-7,9,13,18H2,1-3H3. The molecule has 0 spiro atoms. The molecule has 0 heterocycles. The van der Waals surface area contributed by atoms with Crippen LogP contribution in [0.1, 0.15) is 64.5 Å². The van der Waals surface area contributed by atoms with Crippen molar-refractivity contribution in [3.05, 3.63) is 29.8 Å². The van der Waals surface area contributed by atoms with Gasteiger partial charge in [0.05, 0.1) is 6.61 Å². The second kappa shape index (κ2) is 8.98. The lowest BCUT2D eigenvalue weighted by molar-refractivity contribution is 0.233. The molecule has 0 aromatic heterocycles. The fraction of sp³-hybridized carbons (Fsp3) is 0.647. The molecule has 0 saturated carbocycles. The van der Waals surface area contributed by atoms with Gasteiger partial charge >= 0.3 is 0 Å². The van der Waals surface area contributed by atoms with Crippen LogP contribution in [0.15, 0.2) is 24.3 Å². The lowest BCUT2D eigenvalue weighted by atomic mass is 10.0. The van der Waals surface area contributed by atoms with Crippen LogP contribution in [0.4, 0.5) is 0 Å². The summed E-state index contributed by atoms with van der Waals surface area (Å²) in [4.78, 5) is 0. The number of nitrogens with two attached hydrogens (primary N) is 1. The monoisotopic (exact) mass is 263 g/mol. The Morgan fingerprint density at radius 2 is 1.95 bits per heavy atom. The Balaban J connectivity index is 2.52. The summed E-state index contributed by atoms with van der Waals surface area (Å²) in [6, 6.07) is 8.34. The van der Waals surface area contributed by atoms with Crippen LogP contribution >= 0.6 is 0 Å². The van der Waals surface area contributed by atoms with Crippen LogP contribution in [-0.4, -0.2) is 6.61 Å². The molecule has 2 nitrogen and oxygen atoms in total. The topological polar surface area (TPSA) is 35.2 Å². The van der Waals surface area contributed by atoms with E-state index >= 15 is 0 Å². The summed E-state index contributed by atoms with van der Waals surface area (Å²) in [5, 5.41) is 0. The largest absolute Gasteiger partial charge is 0.493 e. The summed E-state index contributed by atoms with van der Waals surface area (Å²) < 4.78 is 5.94. The number of unbranched alkanes of at least 4 members (excludes halogenated alkanes) is 1. The van der Waals surface area contributed by atoms with E-state index in [0.717, 1.165) is 18.8 Å². The number of ether oxygens (including phenoxy) is 1. The molecule has 0 aliphatic rings. The molecule has 2 atom stereocenters. The van der Waals surface area contributed by atoms with Gasteiger partial charge in [-0.3, -0.25) is 0 Å². The molecule has 108 valence electrons. The first kappa shape index (κ1) is 16.0. The molecule has 2 heteroatoms. The molecule has 1 aromatic carbocycles. The number of hydrogen-bond donors (Lipinski definition) is 1.